The summed E-state index contributed by atoms with van der Waals surface area (Å²) in [5.74, 6) is -2.41. The van der Waals surface area contributed by atoms with Crippen molar-refractivity contribution < 1.29 is 8.78 Å². The van der Waals surface area contributed by atoms with Crippen molar-refractivity contribution >= 4 is 17.7 Å². The second kappa shape index (κ2) is 4.72. The van der Waals surface area contributed by atoms with E-state index in [-0.39, 0.29) is 24.7 Å². The lowest BCUT2D eigenvalue weighted by Crippen LogP contribution is -2.26. The zero-order chi connectivity index (χ0) is 12.5. The van der Waals surface area contributed by atoms with Crippen molar-refractivity contribution in [3.63, 3.8) is 0 Å². The van der Waals surface area contributed by atoms with Crippen LogP contribution in [-0.4, -0.2) is 27.1 Å². The van der Waals surface area contributed by atoms with E-state index in [1.165, 1.54) is 11.8 Å². The molecule has 0 spiro atoms. The van der Waals surface area contributed by atoms with E-state index in [9.17, 15) is 8.78 Å². The molecule has 0 saturated heterocycles. The van der Waals surface area contributed by atoms with Crippen LogP contribution in [0, 0.1) is 0 Å². The number of nitrogens with zero attached hydrogens (tertiary/aromatic N) is 3. The van der Waals surface area contributed by atoms with Gasteiger partial charge in [0, 0.05) is 18.8 Å². The van der Waals surface area contributed by atoms with Gasteiger partial charge >= 0.3 is 0 Å². The second-order valence-corrected chi connectivity index (χ2v) is 4.96. The molecule has 0 amide bonds. The molecule has 1 unspecified atom stereocenters. The van der Waals surface area contributed by atoms with Gasteiger partial charge in [-0.25, -0.2) is 13.8 Å². The Bertz CT molecular complexity index is 413. The van der Waals surface area contributed by atoms with Crippen LogP contribution in [0.25, 0.3) is 0 Å². The zero-order valence-electron chi connectivity index (χ0n) is 9.49. The number of hydrogen-bond donors (Lipinski definition) is 1. The molecule has 94 valence electrons. The molecule has 1 aromatic heterocycles. The molecule has 0 bridgehead atoms. The Morgan fingerprint density at radius 2 is 2.12 bits per heavy atom. The molecule has 2 rings (SSSR count). The van der Waals surface area contributed by atoms with E-state index in [1.807, 2.05) is 6.26 Å². The van der Waals surface area contributed by atoms with E-state index in [1.54, 1.807) is 0 Å². The lowest BCUT2D eigenvalue weighted by atomic mass is 9.86. The first-order chi connectivity index (χ1) is 8.00. The molecular formula is C10H14F2N4S. The Labute approximate surface area is 102 Å². The molecule has 4 nitrogen and oxygen atoms in total. The molecule has 0 aromatic carbocycles. The third-order valence-electron chi connectivity index (χ3n) is 2.84. The van der Waals surface area contributed by atoms with E-state index >= 15 is 0 Å². The summed E-state index contributed by atoms with van der Waals surface area (Å²) in [5.41, 5.74) is 5.55. The molecule has 7 heteroatoms. The van der Waals surface area contributed by atoms with Crippen molar-refractivity contribution in [3.05, 3.63) is 5.82 Å². The van der Waals surface area contributed by atoms with Gasteiger partial charge in [-0.3, -0.25) is 0 Å². The summed E-state index contributed by atoms with van der Waals surface area (Å²) in [6.07, 6.45) is 2.77. The van der Waals surface area contributed by atoms with Crippen LogP contribution in [0.4, 0.5) is 14.7 Å². The maximum Gasteiger partial charge on any atom is 0.248 e. The molecule has 0 aliphatic heterocycles. The predicted octanol–water partition coefficient (Wildman–Crippen LogP) is 2.47. The molecule has 1 atom stereocenters. The largest absolute Gasteiger partial charge is 0.368 e. The smallest absolute Gasteiger partial charge is 0.248 e. The number of anilines is 1. The van der Waals surface area contributed by atoms with E-state index in [4.69, 9.17) is 5.73 Å². The van der Waals surface area contributed by atoms with Crippen LogP contribution in [0.1, 0.15) is 37.4 Å². The Morgan fingerprint density at radius 3 is 2.76 bits per heavy atom. The molecular weight excluding hydrogens is 246 g/mol. The number of rotatable bonds is 2. The van der Waals surface area contributed by atoms with Gasteiger partial charge < -0.3 is 5.73 Å². The van der Waals surface area contributed by atoms with Crippen molar-refractivity contribution in [2.24, 2.45) is 0 Å². The fourth-order valence-electron chi connectivity index (χ4n) is 2.05. The molecule has 1 fully saturated rings. The third kappa shape index (κ3) is 3.02. The summed E-state index contributed by atoms with van der Waals surface area (Å²) >= 11 is 1.33. The first-order valence-corrected chi connectivity index (χ1v) is 6.66. The van der Waals surface area contributed by atoms with E-state index in [0.29, 0.717) is 23.8 Å². The lowest BCUT2D eigenvalue weighted by molar-refractivity contribution is -0.0418. The lowest BCUT2D eigenvalue weighted by Gasteiger charge is -2.27. The Balaban J connectivity index is 2.24. The first-order valence-electron chi connectivity index (χ1n) is 5.43. The quantitative estimate of drug-likeness (QED) is 0.827. The maximum atomic E-state index is 13.3. The maximum absolute atomic E-state index is 13.3. The van der Waals surface area contributed by atoms with Gasteiger partial charge in [0.25, 0.3) is 0 Å². The molecule has 1 heterocycles. The van der Waals surface area contributed by atoms with Gasteiger partial charge in [0.15, 0.2) is 5.16 Å². The summed E-state index contributed by atoms with van der Waals surface area (Å²) in [6, 6.07) is 0. The standard InChI is InChI=1S/C10H14F2N4S/c1-17-9-15-7(14-8(13)16-9)6-3-2-4-10(11,12)5-6/h6H,2-5H2,1H3,(H2,13,14,15,16). The minimum atomic E-state index is -2.61. The molecule has 1 saturated carbocycles. The fraction of sp³-hybridized carbons (Fsp3) is 0.700. The summed E-state index contributed by atoms with van der Waals surface area (Å²) in [5, 5.41) is 0.487. The topological polar surface area (TPSA) is 64.7 Å². The number of hydrogen-bond acceptors (Lipinski definition) is 5. The van der Waals surface area contributed by atoms with Crippen molar-refractivity contribution in [2.75, 3.05) is 12.0 Å². The van der Waals surface area contributed by atoms with E-state index in [2.05, 4.69) is 15.0 Å². The monoisotopic (exact) mass is 260 g/mol. The van der Waals surface area contributed by atoms with Crippen LogP contribution in [-0.2, 0) is 0 Å². The number of aromatic nitrogens is 3. The molecule has 1 aliphatic carbocycles. The van der Waals surface area contributed by atoms with E-state index in [0.717, 1.165) is 0 Å². The Morgan fingerprint density at radius 1 is 1.35 bits per heavy atom. The number of nitrogen functional groups attached to an aromatic ring is 1. The molecule has 2 N–H and O–H groups in total. The highest BCUT2D eigenvalue weighted by Crippen LogP contribution is 2.40. The van der Waals surface area contributed by atoms with Crippen molar-refractivity contribution in [1.82, 2.24) is 15.0 Å². The average molecular weight is 260 g/mol. The highest BCUT2D eigenvalue weighted by molar-refractivity contribution is 7.98. The molecule has 0 radical (unpaired) electrons. The minimum Gasteiger partial charge on any atom is -0.368 e. The van der Waals surface area contributed by atoms with Gasteiger partial charge in [0.1, 0.15) is 5.82 Å². The second-order valence-electron chi connectivity index (χ2n) is 4.19. The fourth-order valence-corrected chi connectivity index (χ4v) is 2.42. The molecule has 17 heavy (non-hydrogen) atoms. The Hall–Kier alpha value is -0.980. The normalized spacial score (nSPS) is 23.6. The third-order valence-corrected chi connectivity index (χ3v) is 3.39. The summed E-state index contributed by atoms with van der Waals surface area (Å²) < 4.78 is 26.6. The van der Waals surface area contributed by atoms with E-state index < -0.39 is 5.92 Å². The number of thioether (sulfide) groups is 1. The van der Waals surface area contributed by atoms with Crippen LogP contribution in [0.2, 0.25) is 0 Å². The van der Waals surface area contributed by atoms with Crippen molar-refractivity contribution in [2.45, 2.75) is 42.7 Å². The van der Waals surface area contributed by atoms with Crippen molar-refractivity contribution in [1.29, 1.82) is 0 Å². The van der Waals surface area contributed by atoms with Gasteiger partial charge in [0.05, 0.1) is 0 Å². The van der Waals surface area contributed by atoms with Crippen LogP contribution in [0.5, 0.6) is 0 Å². The van der Waals surface area contributed by atoms with Gasteiger partial charge in [0.2, 0.25) is 11.9 Å². The predicted molar refractivity (Wildman–Crippen MR) is 62.2 cm³/mol. The van der Waals surface area contributed by atoms with Crippen molar-refractivity contribution in [3.8, 4) is 0 Å². The first kappa shape index (κ1) is 12.5. The summed E-state index contributed by atoms with van der Waals surface area (Å²) in [4.78, 5) is 12.1. The average Bonchev–Trinajstić information content (AvgIpc) is 2.27. The van der Waals surface area contributed by atoms with Gasteiger partial charge in [-0.1, -0.05) is 11.8 Å². The molecule has 1 aromatic rings. The number of alkyl halides is 2. The summed E-state index contributed by atoms with van der Waals surface area (Å²) in [6.45, 7) is 0. The Kier molecular flexibility index (Phi) is 3.46. The van der Waals surface area contributed by atoms with Crippen LogP contribution < -0.4 is 5.73 Å². The minimum absolute atomic E-state index is 0.0422. The SMILES string of the molecule is CSc1nc(N)nc(C2CCCC(F)(F)C2)n1. The number of halogens is 2. The van der Waals surface area contributed by atoms with Crippen LogP contribution >= 0.6 is 11.8 Å². The summed E-state index contributed by atoms with van der Waals surface area (Å²) in [7, 11) is 0. The highest BCUT2D eigenvalue weighted by Gasteiger charge is 2.38. The van der Waals surface area contributed by atoms with Crippen LogP contribution in [0.15, 0.2) is 5.16 Å². The highest BCUT2D eigenvalue weighted by atomic mass is 32.2. The van der Waals surface area contributed by atoms with Gasteiger partial charge in [-0.15, -0.1) is 0 Å². The molecule has 1 aliphatic rings. The van der Waals surface area contributed by atoms with Gasteiger partial charge in [-0.2, -0.15) is 9.97 Å². The van der Waals surface area contributed by atoms with Crippen LogP contribution in [0.3, 0.4) is 0 Å². The number of nitrogens with two attached hydrogens (primary N) is 1. The zero-order valence-corrected chi connectivity index (χ0v) is 10.3. The van der Waals surface area contributed by atoms with Gasteiger partial charge in [-0.05, 0) is 19.1 Å².